The number of nitrogens with one attached hydrogen (secondary N) is 1. The average Bonchev–Trinajstić information content (AvgIpc) is 2.35. The van der Waals surface area contributed by atoms with E-state index < -0.39 is 17.7 Å². The summed E-state index contributed by atoms with van der Waals surface area (Å²) in [6, 6.07) is 3.94. The van der Waals surface area contributed by atoms with E-state index in [9.17, 15) is 14.0 Å². The van der Waals surface area contributed by atoms with Crippen molar-refractivity contribution in [1.29, 1.82) is 0 Å². The molecule has 0 spiro atoms. The van der Waals surface area contributed by atoms with E-state index in [4.69, 9.17) is 5.11 Å². The van der Waals surface area contributed by atoms with Crippen LogP contribution in [0, 0.1) is 5.82 Å². The summed E-state index contributed by atoms with van der Waals surface area (Å²) in [5, 5.41) is 11.1. The molecule has 0 fully saturated rings. The van der Waals surface area contributed by atoms with Crippen LogP contribution in [-0.4, -0.2) is 23.0 Å². The van der Waals surface area contributed by atoms with Gasteiger partial charge in [0.15, 0.2) is 0 Å². The van der Waals surface area contributed by atoms with E-state index in [1.165, 1.54) is 18.2 Å². The summed E-state index contributed by atoms with van der Waals surface area (Å²) < 4.78 is 13.7. The Kier molecular flexibility index (Phi) is 5.23. The maximum atomic E-state index is 13.7. The van der Waals surface area contributed by atoms with Crippen LogP contribution in [-0.2, 0) is 4.79 Å². The van der Waals surface area contributed by atoms with E-state index in [0.717, 1.165) is 18.6 Å². The van der Waals surface area contributed by atoms with Crippen LogP contribution in [0.3, 0.4) is 0 Å². The van der Waals surface area contributed by atoms with Gasteiger partial charge in [-0.1, -0.05) is 13.0 Å². The highest BCUT2D eigenvalue weighted by Crippen LogP contribution is 2.12. The van der Waals surface area contributed by atoms with Crippen molar-refractivity contribution in [1.82, 2.24) is 5.32 Å². The molecule has 102 valence electrons. The molecular formula is C14H16FNO3. The fraction of sp³-hybridized carbons (Fsp3) is 0.286. The molecule has 0 aliphatic carbocycles. The molecule has 2 N–H and O–H groups in total. The van der Waals surface area contributed by atoms with Crippen LogP contribution in [0.4, 0.5) is 4.39 Å². The van der Waals surface area contributed by atoms with Gasteiger partial charge in [-0.2, -0.15) is 0 Å². The minimum Gasteiger partial charge on any atom is -0.478 e. The fourth-order valence-corrected chi connectivity index (χ4v) is 1.39. The Labute approximate surface area is 110 Å². The predicted molar refractivity (Wildman–Crippen MR) is 70.3 cm³/mol. The molecular weight excluding hydrogens is 249 g/mol. The van der Waals surface area contributed by atoms with Crippen molar-refractivity contribution in [2.45, 2.75) is 26.3 Å². The van der Waals surface area contributed by atoms with Crippen LogP contribution in [0.25, 0.3) is 6.08 Å². The highest BCUT2D eigenvalue weighted by atomic mass is 19.1. The van der Waals surface area contributed by atoms with Crippen molar-refractivity contribution in [3.8, 4) is 0 Å². The quantitative estimate of drug-likeness (QED) is 0.804. The molecule has 0 saturated heterocycles. The molecule has 0 aliphatic rings. The molecule has 0 aliphatic heterocycles. The Morgan fingerprint density at radius 1 is 1.47 bits per heavy atom. The first-order valence-electron chi connectivity index (χ1n) is 5.95. The molecule has 1 aromatic rings. The molecule has 0 heterocycles. The maximum absolute atomic E-state index is 13.7. The molecule has 1 rings (SSSR count). The van der Waals surface area contributed by atoms with Crippen molar-refractivity contribution in [3.05, 3.63) is 41.2 Å². The molecule has 0 radical (unpaired) electrons. The average molecular weight is 265 g/mol. The Bertz CT molecular complexity index is 511. The summed E-state index contributed by atoms with van der Waals surface area (Å²) in [5.41, 5.74) is 0.341. The highest BCUT2D eigenvalue weighted by molar-refractivity contribution is 5.95. The van der Waals surface area contributed by atoms with Gasteiger partial charge >= 0.3 is 5.97 Å². The number of carbonyl (C=O) groups excluding carboxylic acids is 1. The smallest absolute Gasteiger partial charge is 0.328 e. The Morgan fingerprint density at radius 2 is 2.16 bits per heavy atom. The van der Waals surface area contributed by atoms with E-state index in [1.54, 1.807) is 0 Å². The van der Waals surface area contributed by atoms with Crippen LogP contribution < -0.4 is 5.32 Å². The lowest BCUT2D eigenvalue weighted by atomic mass is 10.1. The number of carboxylic acids is 1. The third-order valence-electron chi connectivity index (χ3n) is 2.65. The van der Waals surface area contributed by atoms with Gasteiger partial charge in [0.05, 0.1) is 5.56 Å². The number of benzene rings is 1. The number of amides is 1. The normalized spacial score (nSPS) is 12.4. The zero-order valence-electron chi connectivity index (χ0n) is 10.8. The number of hydrogen-bond acceptors (Lipinski definition) is 2. The zero-order chi connectivity index (χ0) is 14.4. The summed E-state index contributed by atoms with van der Waals surface area (Å²) in [7, 11) is 0. The van der Waals surface area contributed by atoms with Crippen LogP contribution in [0.1, 0.15) is 36.2 Å². The van der Waals surface area contributed by atoms with Crippen molar-refractivity contribution in [2.24, 2.45) is 0 Å². The van der Waals surface area contributed by atoms with Crippen molar-refractivity contribution in [2.75, 3.05) is 0 Å². The summed E-state index contributed by atoms with van der Waals surface area (Å²) in [6.45, 7) is 3.75. The molecule has 1 aromatic carbocycles. The first-order valence-corrected chi connectivity index (χ1v) is 5.95. The summed E-state index contributed by atoms with van der Waals surface area (Å²) in [5.74, 6) is -2.26. The molecule has 0 bridgehead atoms. The summed E-state index contributed by atoms with van der Waals surface area (Å²) >= 11 is 0. The maximum Gasteiger partial charge on any atom is 0.328 e. The van der Waals surface area contributed by atoms with Gasteiger partial charge in [0.2, 0.25) is 0 Å². The van der Waals surface area contributed by atoms with Crippen LogP contribution >= 0.6 is 0 Å². The van der Waals surface area contributed by atoms with Gasteiger partial charge in [0, 0.05) is 12.1 Å². The minimum absolute atomic E-state index is 0.0292. The minimum atomic E-state index is -1.11. The monoisotopic (exact) mass is 265 g/mol. The topological polar surface area (TPSA) is 66.4 Å². The SMILES string of the molecule is CCC(C)NC(=O)c1ccc(/C=C/C(=O)O)cc1F. The Morgan fingerprint density at radius 3 is 2.68 bits per heavy atom. The number of carboxylic acid groups (broad SMARTS) is 1. The van der Waals surface area contributed by atoms with Crippen molar-refractivity contribution < 1.29 is 19.1 Å². The highest BCUT2D eigenvalue weighted by Gasteiger charge is 2.13. The largest absolute Gasteiger partial charge is 0.478 e. The number of halogens is 1. The first-order chi connectivity index (χ1) is 8.93. The van der Waals surface area contributed by atoms with Gasteiger partial charge in [-0.3, -0.25) is 4.79 Å². The second-order valence-corrected chi connectivity index (χ2v) is 4.19. The third-order valence-corrected chi connectivity index (χ3v) is 2.65. The fourth-order valence-electron chi connectivity index (χ4n) is 1.39. The van der Waals surface area contributed by atoms with Crippen molar-refractivity contribution in [3.63, 3.8) is 0 Å². The molecule has 4 nitrogen and oxygen atoms in total. The second kappa shape index (κ2) is 6.68. The molecule has 1 unspecified atom stereocenters. The van der Waals surface area contributed by atoms with Crippen LogP contribution in [0.15, 0.2) is 24.3 Å². The molecule has 0 saturated carbocycles. The van der Waals surface area contributed by atoms with E-state index in [-0.39, 0.29) is 11.6 Å². The lowest BCUT2D eigenvalue weighted by molar-refractivity contribution is -0.131. The van der Waals surface area contributed by atoms with E-state index in [0.29, 0.717) is 5.56 Å². The Balaban J connectivity index is 2.88. The first kappa shape index (κ1) is 14.9. The molecule has 1 amide bonds. The predicted octanol–water partition coefficient (Wildman–Crippen LogP) is 2.45. The van der Waals surface area contributed by atoms with Gasteiger partial charge in [0.25, 0.3) is 5.91 Å². The lowest BCUT2D eigenvalue weighted by Gasteiger charge is -2.11. The molecule has 1 atom stereocenters. The van der Waals surface area contributed by atoms with Gasteiger partial charge in [-0.05, 0) is 37.1 Å². The summed E-state index contributed by atoms with van der Waals surface area (Å²) in [4.78, 5) is 22.1. The summed E-state index contributed by atoms with van der Waals surface area (Å²) in [6.07, 6.45) is 2.93. The van der Waals surface area contributed by atoms with E-state index in [2.05, 4.69) is 5.32 Å². The molecule has 5 heteroatoms. The second-order valence-electron chi connectivity index (χ2n) is 4.19. The number of carbonyl (C=O) groups is 2. The van der Waals surface area contributed by atoms with Gasteiger partial charge in [-0.25, -0.2) is 9.18 Å². The van der Waals surface area contributed by atoms with Crippen molar-refractivity contribution >= 4 is 18.0 Å². The lowest BCUT2D eigenvalue weighted by Crippen LogP contribution is -2.32. The number of hydrogen-bond donors (Lipinski definition) is 2. The molecule has 19 heavy (non-hydrogen) atoms. The molecule has 0 aromatic heterocycles. The van der Waals surface area contributed by atoms with E-state index >= 15 is 0 Å². The van der Waals surface area contributed by atoms with Gasteiger partial charge in [0.1, 0.15) is 5.82 Å². The van der Waals surface area contributed by atoms with Crippen LogP contribution in [0.5, 0.6) is 0 Å². The van der Waals surface area contributed by atoms with Gasteiger partial charge in [-0.15, -0.1) is 0 Å². The van der Waals surface area contributed by atoms with Crippen LogP contribution in [0.2, 0.25) is 0 Å². The number of rotatable bonds is 5. The third kappa shape index (κ3) is 4.54. The Hall–Kier alpha value is -2.17. The van der Waals surface area contributed by atoms with E-state index in [1.807, 2.05) is 13.8 Å². The zero-order valence-corrected chi connectivity index (χ0v) is 10.8. The standard InChI is InChI=1S/C14H16FNO3/c1-3-9(2)16-14(19)11-6-4-10(8-12(11)15)5-7-13(17)18/h4-9H,3H2,1-2H3,(H,16,19)(H,17,18)/b7-5+. The number of aliphatic carboxylic acids is 1. The van der Waals surface area contributed by atoms with Gasteiger partial charge < -0.3 is 10.4 Å².